The number of esters is 2. The van der Waals surface area contributed by atoms with Gasteiger partial charge in [-0.15, -0.1) is 0 Å². The number of hydrogen-bond donors (Lipinski definition) is 2. The summed E-state index contributed by atoms with van der Waals surface area (Å²) >= 11 is 0. The molecule has 1 unspecified atom stereocenters. The zero-order valence-electron chi connectivity index (χ0n) is 34.8. The Labute approximate surface area is 359 Å². The van der Waals surface area contributed by atoms with Gasteiger partial charge in [-0.2, -0.15) is 4.31 Å². The van der Waals surface area contributed by atoms with Crippen LogP contribution in [-0.2, 0) is 53.5 Å². The van der Waals surface area contributed by atoms with E-state index in [9.17, 15) is 40.8 Å². The van der Waals surface area contributed by atoms with E-state index in [2.05, 4.69) is 14.8 Å². The van der Waals surface area contributed by atoms with Crippen molar-refractivity contribution < 1.29 is 69.2 Å². The Hall–Kier alpha value is -6.55. The average Bonchev–Trinajstić information content (AvgIpc) is 3.28. The van der Waals surface area contributed by atoms with Crippen LogP contribution in [0, 0.1) is 0 Å². The molecule has 19 nitrogen and oxygen atoms in total. The number of nitrogens with one attached hydrogen (secondary N) is 2. The van der Waals surface area contributed by atoms with E-state index in [0.717, 1.165) is 4.31 Å². The van der Waals surface area contributed by atoms with Crippen molar-refractivity contribution in [2.24, 2.45) is 0 Å². The molecule has 21 heteroatoms. The molecule has 0 aromatic heterocycles. The quantitative estimate of drug-likeness (QED) is 0.0931. The van der Waals surface area contributed by atoms with Crippen LogP contribution in [0.1, 0.15) is 20.3 Å². The summed E-state index contributed by atoms with van der Waals surface area (Å²) in [5, 5.41) is 2.60. The molecule has 1 heterocycles. The Morgan fingerprint density at radius 3 is 1.73 bits per heavy atom. The summed E-state index contributed by atoms with van der Waals surface area (Å²) in [4.78, 5) is 57.8. The molecule has 0 spiro atoms. The fourth-order valence-corrected chi connectivity index (χ4v) is 8.06. The van der Waals surface area contributed by atoms with Crippen LogP contribution in [0.15, 0.2) is 107 Å². The summed E-state index contributed by atoms with van der Waals surface area (Å²) in [5.74, 6) is -1.18. The van der Waals surface area contributed by atoms with Crippen molar-refractivity contribution in [1.82, 2.24) is 9.03 Å². The van der Waals surface area contributed by atoms with Crippen LogP contribution in [0.25, 0.3) is 0 Å². The van der Waals surface area contributed by atoms with Crippen LogP contribution >= 0.6 is 0 Å². The third kappa shape index (κ3) is 13.5. The average molecular weight is 901 g/mol. The Bertz CT molecular complexity index is 2370. The first-order chi connectivity index (χ1) is 29.6. The van der Waals surface area contributed by atoms with Crippen LogP contribution in [-0.4, -0.2) is 112 Å². The molecule has 334 valence electrons. The Morgan fingerprint density at radius 1 is 0.710 bits per heavy atom. The highest BCUT2D eigenvalue weighted by molar-refractivity contribution is 7.89. The van der Waals surface area contributed by atoms with E-state index < -0.39 is 44.1 Å². The number of nitrogens with zero attached hydrogens (tertiary/aromatic N) is 2. The fraction of sp³-hybridized carbons (Fsp3) is 0.293. The molecule has 62 heavy (non-hydrogen) atoms. The van der Waals surface area contributed by atoms with Gasteiger partial charge in [-0.1, -0.05) is 36.4 Å². The summed E-state index contributed by atoms with van der Waals surface area (Å²) in [6, 6.07) is 25.5. The number of anilines is 2. The van der Waals surface area contributed by atoms with Gasteiger partial charge in [0.05, 0.1) is 58.0 Å². The van der Waals surface area contributed by atoms with Gasteiger partial charge >= 0.3 is 11.9 Å². The minimum Gasteiger partial charge on any atom is -0.493 e. The van der Waals surface area contributed by atoms with Crippen LogP contribution in [0.4, 0.5) is 11.4 Å². The van der Waals surface area contributed by atoms with E-state index in [1.165, 1.54) is 69.7 Å². The number of aldehydes is 1. The SMILES string of the molecule is CCOC(=O)C1N(c2ccccc2)C(=O)CCN1S(=O)(=O)c1ccc(OC)c(OC)c1.CCOC(=O)C=O.COc1ccc(S(=O)(=O)NCC(=O)Nc2ccccc2)cc1OC. The number of rotatable bonds is 16. The van der Waals surface area contributed by atoms with E-state index in [1.807, 2.05) is 6.07 Å². The lowest BCUT2D eigenvalue weighted by Crippen LogP contribution is -2.62. The summed E-state index contributed by atoms with van der Waals surface area (Å²) in [7, 11) is -2.34. The number of ether oxygens (including phenoxy) is 6. The van der Waals surface area contributed by atoms with E-state index in [4.69, 9.17) is 23.7 Å². The number of carbonyl (C=O) groups excluding carboxylic acids is 5. The fourth-order valence-electron chi connectivity index (χ4n) is 5.52. The minimum atomic E-state index is -4.19. The number of methoxy groups -OCH3 is 4. The van der Waals surface area contributed by atoms with Crippen molar-refractivity contribution >= 4 is 61.5 Å². The first-order valence-corrected chi connectivity index (χ1v) is 21.5. The van der Waals surface area contributed by atoms with Crippen molar-refractivity contribution in [2.45, 2.75) is 36.2 Å². The maximum absolute atomic E-state index is 13.5. The Morgan fingerprint density at radius 2 is 1.23 bits per heavy atom. The zero-order chi connectivity index (χ0) is 45.9. The molecule has 5 rings (SSSR count). The highest BCUT2D eigenvalue weighted by Gasteiger charge is 2.47. The first-order valence-electron chi connectivity index (χ1n) is 18.6. The van der Waals surface area contributed by atoms with E-state index in [-0.39, 0.29) is 66.2 Å². The van der Waals surface area contributed by atoms with Crippen LogP contribution in [0.5, 0.6) is 23.0 Å². The zero-order valence-corrected chi connectivity index (χ0v) is 36.4. The third-order valence-electron chi connectivity index (χ3n) is 8.35. The minimum absolute atomic E-state index is 0.0207. The standard InChI is InChI=1S/C21H24N2O7S.C16H18N2O5S.C4H6O3/c1-4-30-21(25)20-22(13-12-19(24)23(20)15-8-6-5-7-9-15)31(26,27)16-10-11-17(28-2)18(14-16)29-3;1-22-14-9-8-13(10-15(14)23-2)24(20,21)17-11-16(19)18-12-6-4-3-5-7-12;1-2-7-4(6)3-5/h5-11,14,20H,4,12-13H2,1-3H3;3-10,17H,11H2,1-2H3,(H,18,19);3H,2H2,1H3. The molecule has 1 fully saturated rings. The van der Waals surface area contributed by atoms with E-state index >= 15 is 0 Å². The number of carbonyl (C=O) groups is 5. The van der Waals surface area contributed by atoms with Gasteiger partial charge in [0.25, 0.3) is 0 Å². The van der Waals surface area contributed by atoms with Gasteiger partial charge < -0.3 is 33.7 Å². The Balaban J connectivity index is 0.000000293. The van der Waals surface area contributed by atoms with Gasteiger partial charge in [0.15, 0.2) is 23.0 Å². The smallest absolute Gasteiger partial charge is 0.371 e. The van der Waals surface area contributed by atoms with Gasteiger partial charge in [-0.05, 0) is 62.4 Å². The normalized spacial score (nSPS) is 13.7. The third-order valence-corrected chi connectivity index (χ3v) is 11.6. The first kappa shape index (κ1) is 49.8. The van der Waals surface area contributed by atoms with Gasteiger partial charge in [-0.25, -0.2) is 31.1 Å². The Kier molecular flexibility index (Phi) is 19.3. The molecule has 0 radical (unpaired) electrons. The lowest BCUT2D eigenvalue weighted by molar-refractivity contribution is -0.150. The monoisotopic (exact) mass is 900 g/mol. The summed E-state index contributed by atoms with van der Waals surface area (Å²) in [6.45, 7) is 3.01. The number of sulfonamides is 2. The predicted molar refractivity (Wildman–Crippen MR) is 225 cm³/mol. The highest BCUT2D eigenvalue weighted by atomic mass is 32.2. The largest absolute Gasteiger partial charge is 0.493 e. The molecular weight excluding hydrogens is 853 g/mol. The molecule has 2 N–H and O–H groups in total. The molecule has 4 aromatic carbocycles. The molecule has 0 saturated carbocycles. The van der Waals surface area contributed by atoms with Crippen molar-refractivity contribution in [2.75, 3.05) is 65.0 Å². The molecule has 2 amide bonds. The van der Waals surface area contributed by atoms with Crippen molar-refractivity contribution in [1.29, 1.82) is 0 Å². The number of para-hydroxylation sites is 2. The molecule has 4 aromatic rings. The van der Waals surface area contributed by atoms with Crippen molar-refractivity contribution in [3.8, 4) is 23.0 Å². The van der Waals surface area contributed by atoms with E-state index in [0.29, 0.717) is 22.9 Å². The molecular formula is C41H48N4O15S2. The molecule has 1 aliphatic rings. The van der Waals surface area contributed by atoms with Crippen molar-refractivity contribution in [3.63, 3.8) is 0 Å². The van der Waals surface area contributed by atoms with Crippen LogP contribution in [0.3, 0.4) is 0 Å². The molecule has 0 bridgehead atoms. The number of hydrogen-bond acceptors (Lipinski definition) is 15. The van der Waals surface area contributed by atoms with Gasteiger partial charge in [-0.3, -0.25) is 19.3 Å². The molecule has 1 saturated heterocycles. The van der Waals surface area contributed by atoms with Crippen LogP contribution < -0.4 is 33.9 Å². The maximum atomic E-state index is 13.5. The molecule has 0 aliphatic carbocycles. The van der Waals surface area contributed by atoms with Crippen LogP contribution in [0.2, 0.25) is 0 Å². The van der Waals surface area contributed by atoms with Gasteiger partial charge in [0.2, 0.25) is 44.3 Å². The summed E-state index contributed by atoms with van der Waals surface area (Å²) in [5.41, 5.74) is 0.991. The highest BCUT2D eigenvalue weighted by Crippen LogP contribution is 2.34. The lowest BCUT2D eigenvalue weighted by atomic mass is 10.2. The van der Waals surface area contributed by atoms with E-state index in [1.54, 1.807) is 68.4 Å². The topological polar surface area (TPSA) is 240 Å². The van der Waals surface area contributed by atoms with Gasteiger partial charge in [0, 0.05) is 36.5 Å². The second-order valence-electron chi connectivity index (χ2n) is 12.2. The predicted octanol–water partition coefficient (Wildman–Crippen LogP) is 3.39. The van der Waals surface area contributed by atoms with Crippen molar-refractivity contribution in [3.05, 3.63) is 97.1 Å². The summed E-state index contributed by atoms with van der Waals surface area (Å²) < 4.78 is 84.7. The number of benzene rings is 4. The van der Waals surface area contributed by atoms with Gasteiger partial charge in [0.1, 0.15) is 0 Å². The lowest BCUT2D eigenvalue weighted by Gasteiger charge is -2.40. The molecule has 1 aliphatic heterocycles. The second kappa shape index (κ2) is 24.0. The number of amides is 2. The maximum Gasteiger partial charge on any atom is 0.371 e. The molecule has 1 atom stereocenters. The second-order valence-corrected chi connectivity index (χ2v) is 15.9. The summed E-state index contributed by atoms with van der Waals surface area (Å²) in [6.07, 6.45) is -1.41.